The number of hydrogen-bond donors (Lipinski definition) is 0. The fourth-order valence-corrected chi connectivity index (χ4v) is 3.86. The van der Waals surface area contributed by atoms with Gasteiger partial charge in [0, 0.05) is 24.2 Å². The molecular weight excluding hydrogens is 416 g/mol. The Morgan fingerprint density at radius 3 is 2.42 bits per heavy atom. The van der Waals surface area contributed by atoms with Crippen molar-refractivity contribution in [3.63, 3.8) is 0 Å². The van der Waals surface area contributed by atoms with Crippen LogP contribution in [0.2, 0.25) is 0 Å². The zero-order valence-corrected chi connectivity index (χ0v) is 18.3. The van der Waals surface area contributed by atoms with Crippen LogP contribution in [-0.2, 0) is 6.54 Å². The topological polar surface area (TPSA) is 69.5 Å². The highest BCUT2D eigenvalue weighted by Crippen LogP contribution is 2.34. The molecular formula is C26H24N4O3. The van der Waals surface area contributed by atoms with Crippen LogP contribution in [0, 0.1) is 0 Å². The minimum Gasteiger partial charge on any atom is -0.486 e. The zero-order valence-electron chi connectivity index (χ0n) is 18.3. The van der Waals surface area contributed by atoms with Crippen molar-refractivity contribution in [1.29, 1.82) is 0 Å². The van der Waals surface area contributed by atoms with Crippen LogP contribution in [0.15, 0.2) is 78.9 Å². The second-order valence-electron chi connectivity index (χ2n) is 7.63. The predicted molar refractivity (Wildman–Crippen MR) is 125 cm³/mol. The Balaban J connectivity index is 1.50. The van der Waals surface area contributed by atoms with Gasteiger partial charge in [-0.25, -0.2) is 9.67 Å². The lowest BCUT2D eigenvalue weighted by atomic mass is 10.1. The van der Waals surface area contributed by atoms with E-state index >= 15 is 0 Å². The number of carbonyl (C=O) groups is 1. The Morgan fingerprint density at radius 2 is 1.67 bits per heavy atom. The van der Waals surface area contributed by atoms with Gasteiger partial charge in [0.2, 0.25) is 5.82 Å². The van der Waals surface area contributed by atoms with Crippen molar-refractivity contribution in [2.24, 2.45) is 0 Å². The standard InChI is InChI=1S/C26H24N4O3/c1-2-29(18-20-12-9-15-22-23(20)33-17-16-32-22)26(31)24-27-25(19-10-5-3-6-11-19)30(28-24)21-13-7-4-8-14-21/h3-15H,2,16-18H2,1H3. The van der Waals surface area contributed by atoms with E-state index in [2.05, 4.69) is 10.1 Å². The first-order chi connectivity index (χ1) is 16.2. The van der Waals surface area contributed by atoms with Crippen LogP contribution in [0.3, 0.4) is 0 Å². The van der Waals surface area contributed by atoms with E-state index in [4.69, 9.17) is 9.47 Å². The summed E-state index contributed by atoms with van der Waals surface area (Å²) in [6.45, 7) is 3.84. The third-order valence-corrected chi connectivity index (χ3v) is 5.51. The highest BCUT2D eigenvalue weighted by atomic mass is 16.6. The molecule has 0 radical (unpaired) electrons. The van der Waals surface area contributed by atoms with Gasteiger partial charge in [-0.3, -0.25) is 4.79 Å². The molecule has 0 saturated heterocycles. The SMILES string of the molecule is CCN(Cc1cccc2c1OCCO2)C(=O)c1nc(-c2ccccc2)n(-c2ccccc2)n1. The molecule has 166 valence electrons. The fourth-order valence-electron chi connectivity index (χ4n) is 3.86. The van der Waals surface area contributed by atoms with Crippen LogP contribution in [-0.4, -0.2) is 45.3 Å². The number of fused-ring (bicyclic) bond motifs is 1. The molecule has 4 aromatic rings. The molecule has 1 aliphatic heterocycles. The number of carbonyl (C=O) groups excluding carboxylic acids is 1. The van der Waals surface area contributed by atoms with Crippen molar-refractivity contribution >= 4 is 5.91 Å². The molecule has 7 nitrogen and oxygen atoms in total. The summed E-state index contributed by atoms with van der Waals surface area (Å²) < 4.78 is 13.2. The highest BCUT2D eigenvalue weighted by molar-refractivity contribution is 5.91. The fraction of sp³-hybridized carbons (Fsp3) is 0.192. The Morgan fingerprint density at radius 1 is 0.939 bits per heavy atom. The molecule has 0 atom stereocenters. The van der Waals surface area contributed by atoms with Crippen LogP contribution < -0.4 is 9.47 Å². The third-order valence-electron chi connectivity index (χ3n) is 5.51. The van der Waals surface area contributed by atoms with Crippen LogP contribution in [0.5, 0.6) is 11.5 Å². The molecule has 2 heterocycles. The monoisotopic (exact) mass is 440 g/mol. The number of para-hydroxylation sites is 2. The first kappa shape index (κ1) is 20.8. The summed E-state index contributed by atoms with van der Waals surface area (Å²) in [5, 5.41) is 4.61. The van der Waals surface area contributed by atoms with Gasteiger partial charge in [-0.1, -0.05) is 60.7 Å². The summed E-state index contributed by atoms with van der Waals surface area (Å²) in [7, 11) is 0. The van der Waals surface area contributed by atoms with E-state index in [0.717, 1.165) is 16.8 Å². The van der Waals surface area contributed by atoms with Crippen LogP contribution in [0.1, 0.15) is 23.1 Å². The number of hydrogen-bond acceptors (Lipinski definition) is 5. The molecule has 5 rings (SSSR count). The minimum atomic E-state index is -0.237. The molecule has 0 spiro atoms. The van der Waals surface area contributed by atoms with Crippen LogP contribution >= 0.6 is 0 Å². The van der Waals surface area contributed by atoms with Gasteiger partial charge >= 0.3 is 0 Å². The van der Waals surface area contributed by atoms with E-state index in [0.29, 0.717) is 43.6 Å². The first-order valence-electron chi connectivity index (χ1n) is 11.0. The molecule has 1 aromatic heterocycles. The number of nitrogens with zero attached hydrogens (tertiary/aromatic N) is 4. The summed E-state index contributed by atoms with van der Waals surface area (Å²) in [6.07, 6.45) is 0. The van der Waals surface area contributed by atoms with Crippen molar-refractivity contribution in [3.8, 4) is 28.6 Å². The van der Waals surface area contributed by atoms with Crippen molar-refractivity contribution < 1.29 is 14.3 Å². The molecule has 1 amide bonds. The molecule has 0 fully saturated rings. The Hall–Kier alpha value is -4.13. The number of rotatable bonds is 6. The van der Waals surface area contributed by atoms with Gasteiger partial charge < -0.3 is 14.4 Å². The van der Waals surface area contributed by atoms with Crippen molar-refractivity contribution in [1.82, 2.24) is 19.7 Å². The molecule has 0 aliphatic carbocycles. The Kier molecular flexibility index (Phi) is 5.76. The van der Waals surface area contributed by atoms with Gasteiger partial charge in [-0.15, -0.1) is 5.10 Å². The summed E-state index contributed by atoms with van der Waals surface area (Å²) >= 11 is 0. The second kappa shape index (κ2) is 9.16. The van der Waals surface area contributed by atoms with Gasteiger partial charge in [0.05, 0.1) is 5.69 Å². The highest BCUT2D eigenvalue weighted by Gasteiger charge is 2.25. The molecule has 7 heteroatoms. The molecule has 0 N–H and O–H groups in total. The molecule has 0 bridgehead atoms. The van der Waals surface area contributed by atoms with Crippen molar-refractivity contribution in [2.45, 2.75) is 13.5 Å². The lowest BCUT2D eigenvalue weighted by molar-refractivity contribution is 0.0737. The number of benzene rings is 3. The van der Waals surface area contributed by atoms with E-state index in [1.165, 1.54) is 0 Å². The normalized spacial score (nSPS) is 12.4. The van der Waals surface area contributed by atoms with Gasteiger partial charge in [-0.2, -0.15) is 0 Å². The predicted octanol–water partition coefficient (Wildman–Crippen LogP) is 4.37. The lowest BCUT2D eigenvalue weighted by Crippen LogP contribution is -2.31. The van der Waals surface area contributed by atoms with Gasteiger partial charge in [0.25, 0.3) is 5.91 Å². The van der Waals surface area contributed by atoms with E-state index in [1.807, 2.05) is 85.8 Å². The summed E-state index contributed by atoms with van der Waals surface area (Å²) in [4.78, 5) is 19.9. The zero-order chi connectivity index (χ0) is 22.6. The second-order valence-corrected chi connectivity index (χ2v) is 7.63. The number of ether oxygens (including phenoxy) is 2. The summed E-state index contributed by atoms with van der Waals surface area (Å²) in [5.74, 6) is 1.94. The maximum atomic E-state index is 13.5. The van der Waals surface area contributed by atoms with E-state index in [1.54, 1.807) is 9.58 Å². The minimum absolute atomic E-state index is 0.154. The van der Waals surface area contributed by atoms with E-state index < -0.39 is 0 Å². The Labute approximate surface area is 192 Å². The number of aromatic nitrogens is 3. The van der Waals surface area contributed by atoms with Crippen molar-refractivity contribution in [2.75, 3.05) is 19.8 Å². The van der Waals surface area contributed by atoms with E-state index in [-0.39, 0.29) is 11.7 Å². The number of amides is 1. The van der Waals surface area contributed by atoms with Crippen LogP contribution in [0.25, 0.3) is 17.1 Å². The van der Waals surface area contributed by atoms with E-state index in [9.17, 15) is 4.79 Å². The first-order valence-corrected chi connectivity index (χ1v) is 11.0. The molecule has 0 unspecified atom stereocenters. The summed E-state index contributed by atoms with van der Waals surface area (Å²) in [5.41, 5.74) is 2.63. The maximum Gasteiger partial charge on any atom is 0.293 e. The Bertz CT molecular complexity index is 1200. The third kappa shape index (κ3) is 4.17. The van der Waals surface area contributed by atoms with Gasteiger partial charge in [0.15, 0.2) is 17.3 Å². The van der Waals surface area contributed by atoms with Gasteiger partial charge in [0.1, 0.15) is 13.2 Å². The lowest BCUT2D eigenvalue weighted by Gasteiger charge is -2.24. The molecule has 33 heavy (non-hydrogen) atoms. The van der Waals surface area contributed by atoms with Crippen LogP contribution in [0.4, 0.5) is 0 Å². The molecule has 3 aromatic carbocycles. The average molecular weight is 441 g/mol. The average Bonchev–Trinajstić information content (AvgIpc) is 3.34. The molecule has 1 aliphatic rings. The smallest absolute Gasteiger partial charge is 0.293 e. The molecule has 0 saturated carbocycles. The van der Waals surface area contributed by atoms with Crippen molar-refractivity contribution in [3.05, 3.63) is 90.3 Å². The largest absolute Gasteiger partial charge is 0.486 e. The van der Waals surface area contributed by atoms with Gasteiger partial charge in [-0.05, 0) is 25.1 Å². The maximum absolute atomic E-state index is 13.5. The quantitative estimate of drug-likeness (QED) is 0.445. The summed E-state index contributed by atoms with van der Waals surface area (Å²) in [6, 6.07) is 25.2.